The molecule has 0 aliphatic carbocycles. The van der Waals surface area contributed by atoms with E-state index in [1.807, 2.05) is 0 Å². The van der Waals surface area contributed by atoms with Gasteiger partial charge in [0.15, 0.2) is 0 Å². The fourth-order valence-electron chi connectivity index (χ4n) is 1.41. The van der Waals surface area contributed by atoms with Crippen LogP contribution in [-0.2, 0) is 17.0 Å². The van der Waals surface area contributed by atoms with Gasteiger partial charge in [-0.2, -0.15) is 27.8 Å². The quantitative estimate of drug-likeness (QED) is 0.477. The van der Waals surface area contributed by atoms with E-state index < -0.39 is 17.0 Å². The molecule has 0 aromatic heterocycles. The SMILES string of the molecule is Cc1c(C)c(C)[c-](C)c1C.[Cl][Ti][Cl]. The average Bonchev–Trinajstić information content (AvgIpc) is 2.25. The summed E-state index contributed by atoms with van der Waals surface area (Å²) in [6, 6.07) is 0. The summed E-state index contributed by atoms with van der Waals surface area (Å²) in [5.41, 5.74) is 7.34. The zero-order valence-corrected chi connectivity index (χ0v) is 11.8. The molecule has 0 bridgehead atoms. The first-order valence-electron chi connectivity index (χ1n) is 4.13. The first-order valence-corrected chi connectivity index (χ1v) is 8.43. The second-order valence-electron chi connectivity index (χ2n) is 3.20. The molecule has 0 aliphatic heterocycles. The van der Waals surface area contributed by atoms with Crippen molar-refractivity contribution in [2.24, 2.45) is 0 Å². The van der Waals surface area contributed by atoms with E-state index in [4.69, 9.17) is 18.6 Å². The molecule has 0 heterocycles. The van der Waals surface area contributed by atoms with Crippen LogP contribution >= 0.6 is 18.6 Å². The minimum atomic E-state index is -0.556. The molecule has 74 valence electrons. The maximum atomic E-state index is 4.89. The molecule has 13 heavy (non-hydrogen) atoms. The molecule has 1 aromatic carbocycles. The molecule has 0 saturated carbocycles. The van der Waals surface area contributed by atoms with Crippen molar-refractivity contribution in [3.8, 4) is 0 Å². The van der Waals surface area contributed by atoms with Gasteiger partial charge in [0, 0.05) is 0 Å². The van der Waals surface area contributed by atoms with E-state index in [1.54, 1.807) is 0 Å². The predicted molar refractivity (Wildman–Crippen MR) is 57.4 cm³/mol. The summed E-state index contributed by atoms with van der Waals surface area (Å²) >= 11 is -0.556. The van der Waals surface area contributed by atoms with Gasteiger partial charge in [0.2, 0.25) is 0 Å². The topological polar surface area (TPSA) is 0 Å². The fourth-order valence-corrected chi connectivity index (χ4v) is 1.41. The molecule has 3 heteroatoms. The van der Waals surface area contributed by atoms with E-state index in [2.05, 4.69) is 34.6 Å². The molecule has 0 amide bonds. The van der Waals surface area contributed by atoms with E-state index in [0.717, 1.165) is 0 Å². The minimum absolute atomic E-state index is 0.556. The number of halogens is 2. The van der Waals surface area contributed by atoms with Crippen LogP contribution in [-0.4, -0.2) is 0 Å². The first kappa shape index (κ1) is 13.6. The van der Waals surface area contributed by atoms with Crippen molar-refractivity contribution in [3.63, 3.8) is 0 Å². The molecule has 0 nitrogen and oxygen atoms in total. The van der Waals surface area contributed by atoms with E-state index in [0.29, 0.717) is 0 Å². The van der Waals surface area contributed by atoms with Gasteiger partial charge in [-0.3, -0.25) is 0 Å². The maximum absolute atomic E-state index is 4.89. The normalized spacial score (nSPS) is 9.15. The first-order chi connectivity index (χ1) is 5.97. The molecule has 0 aliphatic rings. The summed E-state index contributed by atoms with van der Waals surface area (Å²) < 4.78 is 0. The third kappa shape index (κ3) is 3.36. The van der Waals surface area contributed by atoms with Crippen LogP contribution in [0.2, 0.25) is 0 Å². The molecule has 0 fully saturated rings. The monoisotopic (exact) mass is 253 g/mol. The number of hydrogen-bond donors (Lipinski definition) is 0. The molecule has 0 unspecified atom stereocenters. The van der Waals surface area contributed by atoms with E-state index in [-0.39, 0.29) is 0 Å². The van der Waals surface area contributed by atoms with Crippen molar-refractivity contribution in [3.05, 3.63) is 27.8 Å². The Morgan fingerprint density at radius 3 is 1.23 bits per heavy atom. The molecule has 1 rings (SSSR count). The van der Waals surface area contributed by atoms with E-state index in [9.17, 15) is 0 Å². The van der Waals surface area contributed by atoms with Crippen LogP contribution in [0.4, 0.5) is 0 Å². The number of hydrogen-bond acceptors (Lipinski definition) is 0. The summed E-state index contributed by atoms with van der Waals surface area (Å²) in [5.74, 6) is 0. The van der Waals surface area contributed by atoms with Crippen molar-refractivity contribution < 1.29 is 17.0 Å². The van der Waals surface area contributed by atoms with Gasteiger partial charge in [-0.15, -0.1) is 0 Å². The fraction of sp³-hybridized carbons (Fsp3) is 0.500. The van der Waals surface area contributed by atoms with Crippen LogP contribution in [0.15, 0.2) is 0 Å². The van der Waals surface area contributed by atoms with Gasteiger partial charge in [-0.25, -0.2) is 0 Å². The van der Waals surface area contributed by atoms with Crippen LogP contribution in [0.3, 0.4) is 0 Å². The Morgan fingerprint density at radius 1 is 0.923 bits per heavy atom. The summed E-state index contributed by atoms with van der Waals surface area (Å²) in [4.78, 5) is 0. The molecule has 1 aromatic rings. The summed E-state index contributed by atoms with van der Waals surface area (Å²) in [6.07, 6.45) is 0. The Labute approximate surface area is 97.7 Å². The van der Waals surface area contributed by atoms with Gasteiger partial charge in [0.1, 0.15) is 0 Å². The Hall–Kier alpha value is 0.644. The molecule has 0 N–H and O–H groups in total. The summed E-state index contributed by atoms with van der Waals surface area (Å²) in [7, 11) is 9.78. The third-order valence-electron chi connectivity index (χ3n) is 2.81. The third-order valence-corrected chi connectivity index (χ3v) is 2.81. The van der Waals surface area contributed by atoms with Gasteiger partial charge in [0.05, 0.1) is 0 Å². The Morgan fingerprint density at radius 2 is 1.15 bits per heavy atom. The van der Waals surface area contributed by atoms with Crippen molar-refractivity contribution in [1.29, 1.82) is 0 Å². The Bertz CT molecular complexity index is 197. The molecule has 0 atom stereocenters. The summed E-state index contributed by atoms with van der Waals surface area (Å²) in [6.45, 7) is 11.0. The van der Waals surface area contributed by atoms with Gasteiger partial charge in [-0.05, 0) is 0 Å². The second kappa shape index (κ2) is 6.19. The van der Waals surface area contributed by atoms with Crippen molar-refractivity contribution in [2.45, 2.75) is 34.6 Å². The van der Waals surface area contributed by atoms with Crippen molar-refractivity contribution >= 4 is 18.6 Å². The molecular weight excluding hydrogens is 239 g/mol. The Kier molecular flexibility index (Phi) is 6.50. The van der Waals surface area contributed by atoms with Gasteiger partial charge >= 0.3 is 35.6 Å². The Balaban J connectivity index is 0.000000424. The zero-order chi connectivity index (χ0) is 10.6. The molecule has 0 radical (unpaired) electrons. The van der Waals surface area contributed by atoms with E-state index >= 15 is 0 Å². The summed E-state index contributed by atoms with van der Waals surface area (Å²) in [5, 5.41) is 0. The van der Waals surface area contributed by atoms with Gasteiger partial charge in [0.25, 0.3) is 0 Å². The number of rotatable bonds is 0. The van der Waals surface area contributed by atoms with Crippen LogP contribution in [0.1, 0.15) is 27.8 Å². The van der Waals surface area contributed by atoms with Crippen molar-refractivity contribution in [1.82, 2.24) is 0 Å². The van der Waals surface area contributed by atoms with Crippen LogP contribution < -0.4 is 0 Å². The van der Waals surface area contributed by atoms with Crippen molar-refractivity contribution in [2.75, 3.05) is 0 Å². The van der Waals surface area contributed by atoms with Gasteiger partial charge in [-0.1, -0.05) is 34.6 Å². The average molecular weight is 254 g/mol. The predicted octanol–water partition coefficient (Wildman–Crippen LogP) is 4.32. The van der Waals surface area contributed by atoms with Gasteiger partial charge < -0.3 is 0 Å². The zero-order valence-electron chi connectivity index (χ0n) is 8.76. The van der Waals surface area contributed by atoms with Crippen LogP contribution in [0, 0.1) is 34.6 Å². The molecular formula is C10H15Cl2Ti-. The molecule has 0 spiro atoms. The van der Waals surface area contributed by atoms with Crippen LogP contribution in [0.25, 0.3) is 0 Å². The molecule has 0 saturated heterocycles. The second-order valence-corrected chi connectivity index (χ2v) is 5.78. The standard InChI is InChI=1S/C10H15.2ClH.Ti/c1-6-7(2)9(4)10(5)8(6)3;;;/h1-5H3;2*1H;/q-1;;;+2/p-2. The van der Waals surface area contributed by atoms with E-state index in [1.165, 1.54) is 27.8 Å². The van der Waals surface area contributed by atoms with Crippen LogP contribution in [0.5, 0.6) is 0 Å².